The summed E-state index contributed by atoms with van der Waals surface area (Å²) in [5.41, 5.74) is -2.26. The number of alkyl halides is 3. The maximum absolute atomic E-state index is 13.3. The molecule has 1 aromatic heterocycles. The van der Waals surface area contributed by atoms with Crippen molar-refractivity contribution in [2.45, 2.75) is 32.5 Å². The first-order valence-corrected chi connectivity index (χ1v) is 6.26. The molecule has 2 rings (SSSR count). The van der Waals surface area contributed by atoms with E-state index in [1.165, 1.54) is 16.9 Å². The van der Waals surface area contributed by atoms with Crippen molar-refractivity contribution in [2.24, 2.45) is 5.41 Å². The molecule has 1 aromatic rings. The fourth-order valence-electron chi connectivity index (χ4n) is 2.42. The summed E-state index contributed by atoms with van der Waals surface area (Å²) in [5.74, 6) is -0.879. The molecule has 1 atom stereocenters. The molecule has 0 amide bonds. The van der Waals surface area contributed by atoms with E-state index in [0.29, 0.717) is 13.0 Å². The predicted octanol–water partition coefficient (Wildman–Crippen LogP) is 2.02. The van der Waals surface area contributed by atoms with E-state index in [0.717, 1.165) is 0 Å². The highest BCUT2D eigenvalue weighted by molar-refractivity contribution is 6.00. The molecule has 0 aromatic carbocycles. The minimum absolute atomic E-state index is 0.0443. The summed E-state index contributed by atoms with van der Waals surface area (Å²) in [5, 5.41) is 6.56. The molecule has 0 spiro atoms. The summed E-state index contributed by atoms with van der Waals surface area (Å²) < 4.78 is 41.2. The third kappa shape index (κ3) is 2.27. The number of halogens is 3. The van der Waals surface area contributed by atoms with Crippen LogP contribution in [0.25, 0.3) is 0 Å². The van der Waals surface area contributed by atoms with Crippen LogP contribution in [0, 0.1) is 5.41 Å². The molecule has 0 saturated carbocycles. The van der Waals surface area contributed by atoms with Crippen LogP contribution in [0.4, 0.5) is 13.2 Å². The second-order valence-electron chi connectivity index (χ2n) is 4.78. The molecule has 1 N–H and O–H groups in total. The molecule has 19 heavy (non-hydrogen) atoms. The van der Waals surface area contributed by atoms with Crippen LogP contribution in [-0.4, -0.2) is 34.8 Å². The number of ketones is 1. The lowest BCUT2D eigenvalue weighted by molar-refractivity contribution is -0.197. The molecule has 1 aliphatic heterocycles. The van der Waals surface area contributed by atoms with Crippen molar-refractivity contribution in [1.82, 2.24) is 15.1 Å². The van der Waals surface area contributed by atoms with Crippen LogP contribution in [0.3, 0.4) is 0 Å². The van der Waals surface area contributed by atoms with E-state index in [9.17, 15) is 18.0 Å². The van der Waals surface area contributed by atoms with Gasteiger partial charge in [-0.05, 0) is 25.5 Å². The molecule has 2 heterocycles. The number of hydrogen-bond donors (Lipinski definition) is 1. The highest BCUT2D eigenvalue weighted by atomic mass is 19.4. The lowest BCUT2D eigenvalue weighted by Gasteiger charge is -2.29. The average Bonchev–Trinajstić information content (AvgIpc) is 2.96. The summed E-state index contributed by atoms with van der Waals surface area (Å²) in [6, 6.07) is 1.36. The number of aryl methyl sites for hydroxylation is 1. The van der Waals surface area contributed by atoms with Crippen molar-refractivity contribution >= 4 is 5.78 Å². The number of Topliss-reactive ketones (excluding diaryl/α,β-unsaturated/α-hetero) is 1. The summed E-state index contributed by atoms with van der Waals surface area (Å²) in [7, 11) is 0. The van der Waals surface area contributed by atoms with Gasteiger partial charge in [-0.25, -0.2) is 0 Å². The zero-order valence-corrected chi connectivity index (χ0v) is 10.6. The molecule has 106 valence electrons. The van der Waals surface area contributed by atoms with E-state index >= 15 is 0 Å². The van der Waals surface area contributed by atoms with Crippen LogP contribution < -0.4 is 5.32 Å². The molecular weight excluding hydrogens is 259 g/mol. The van der Waals surface area contributed by atoms with Crippen molar-refractivity contribution in [2.75, 3.05) is 13.1 Å². The largest absolute Gasteiger partial charge is 0.403 e. The Hall–Kier alpha value is -1.37. The van der Waals surface area contributed by atoms with Crippen LogP contribution in [-0.2, 0) is 6.54 Å². The van der Waals surface area contributed by atoms with Crippen LogP contribution in [0.2, 0.25) is 0 Å². The SMILES string of the molecule is CCCn1nccc1C(=O)C1(C(F)(F)F)CCNC1. The van der Waals surface area contributed by atoms with Gasteiger partial charge in [-0.2, -0.15) is 18.3 Å². The zero-order chi connectivity index (χ0) is 14.1. The van der Waals surface area contributed by atoms with E-state index in [2.05, 4.69) is 10.4 Å². The fraction of sp³-hybridized carbons (Fsp3) is 0.667. The third-order valence-electron chi connectivity index (χ3n) is 3.52. The minimum Gasteiger partial charge on any atom is -0.315 e. The Morgan fingerprint density at radius 3 is 2.84 bits per heavy atom. The Balaban J connectivity index is 2.38. The van der Waals surface area contributed by atoms with Gasteiger partial charge in [0.15, 0.2) is 5.78 Å². The van der Waals surface area contributed by atoms with Gasteiger partial charge in [0.05, 0.1) is 0 Å². The Labute approximate surface area is 109 Å². The van der Waals surface area contributed by atoms with E-state index in [1.807, 2.05) is 6.92 Å². The zero-order valence-electron chi connectivity index (χ0n) is 10.6. The quantitative estimate of drug-likeness (QED) is 0.855. The van der Waals surface area contributed by atoms with Crippen molar-refractivity contribution in [3.63, 3.8) is 0 Å². The Morgan fingerprint density at radius 2 is 2.32 bits per heavy atom. The van der Waals surface area contributed by atoms with Gasteiger partial charge in [0.25, 0.3) is 0 Å². The first-order chi connectivity index (χ1) is 8.92. The number of hydrogen-bond acceptors (Lipinski definition) is 3. The van der Waals surface area contributed by atoms with E-state index in [1.54, 1.807) is 0 Å². The maximum atomic E-state index is 13.3. The second kappa shape index (κ2) is 4.96. The van der Waals surface area contributed by atoms with E-state index in [-0.39, 0.29) is 25.2 Å². The van der Waals surface area contributed by atoms with Crippen molar-refractivity contribution in [3.05, 3.63) is 18.0 Å². The predicted molar refractivity (Wildman–Crippen MR) is 62.8 cm³/mol. The van der Waals surface area contributed by atoms with Gasteiger partial charge in [0.1, 0.15) is 11.1 Å². The number of aromatic nitrogens is 2. The lowest BCUT2D eigenvalue weighted by atomic mass is 9.80. The molecular formula is C12H16F3N3O. The molecule has 7 heteroatoms. The molecule has 0 bridgehead atoms. The second-order valence-corrected chi connectivity index (χ2v) is 4.78. The van der Waals surface area contributed by atoms with Crippen LogP contribution in [0.15, 0.2) is 12.3 Å². The number of nitrogens with zero attached hydrogens (tertiary/aromatic N) is 2. The molecule has 0 radical (unpaired) electrons. The monoisotopic (exact) mass is 275 g/mol. The highest BCUT2D eigenvalue weighted by Crippen LogP contribution is 2.45. The Morgan fingerprint density at radius 1 is 1.58 bits per heavy atom. The average molecular weight is 275 g/mol. The topological polar surface area (TPSA) is 46.9 Å². The van der Waals surface area contributed by atoms with Gasteiger partial charge in [-0.15, -0.1) is 0 Å². The summed E-state index contributed by atoms with van der Waals surface area (Å²) >= 11 is 0. The van der Waals surface area contributed by atoms with Crippen LogP contribution in [0.5, 0.6) is 0 Å². The van der Waals surface area contributed by atoms with Crippen LogP contribution >= 0.6 is 0 Å². The molecule has 1 unspecified atom stereocenters. The molecule has 0 aliphatic carbocycles. The molecule has 4 nitrogen and oxygen atoms in total. The van der Waals surface area contributed by atoms with Crippen molar-refractivity contribution in [3.8, 4) is 0 Å². The summed E-state index contributed by atoms with van der Waals surface area (Å²) in [4.78, 5) is 12.4. The van der Waals surface area contributed by atoms with Gasteiger partial charge >= 0.3 is 6.18 Å². The minimum atomic E-state index is -4.55. The lowest BCUT2D eigenvalue weighted by Crippen LogP contribution is -2.47. The number of nitrogens with one attached hydrogen (secondary N) is 1. The van der Waals surface area contributed by atoms with Gasteiger partial charge < -0.3 is 5.32 Å². The first-order valence-electron chi connectivity index (χ1n) is 6.26. The number of carbonyl (C=O) groups is 1. The summed E-state index contributed by atoms with van der Waals surface area (Å²) in [6.45, 7) is 2.17. The molecule has 1 fully saturated rings. The standard InChI is InChI=1S/C12H16F3N3O/c1-2-7-18-9(3-5-17-18)10(19)11(12(13,14)15)4-6-16-8-11/h3,5,16H,2,4,6-8H2,1H3. The smallest absolute Gasteiger partial charge is 0.315 e. The maximum Gasteiger partial charge on any atom is 0.403 e. The van der Waals surface area contributed by atoms with Crippen molar-refractivity contribution in [1.29, 1.82) is 0 Å². The fourth-order valence-corrected chi connectivity index (χ4v) is 2.42. The Bertz CT molecular complexity index is 461. The highest BCUT2D eigenvalue weighted by Gasteiger charge is 2.61. The summed E-state index contributed by atoms with van der Waals surface area (Å²) in [6.07, 6.45) is -2.68. The van der Waals surface area contributed by atoms with Crippen molar-refractivity contribution < 1.29 is 18.0 Å². The van der Waals surface area contributed by atoms with Gasteiger partial charge in [0, 0.05) is 19.3 Å². The Kier molecular flexibility index (Phi) is 3.66. The van der Waals surface area contributed by atoms with E-state index in [4.69, 9.17) is 0 Å². The third-order valence-corrected chi connectivity index (χ3v) is 3.52. The molecule has 1 saturated heterocycles. The molecule has 1 aliphatic rings. The normalized spacial score (nSPS) is 23.8. The van der Waals surface area contributed by atoms with Gasteiger partial charge in [-0.3, -0.25) is 9.48 Å². The van der Waals surface area contributed by atoms with Crippen LogP contribution in [0.1, 0.15) is 30.3 Å². The first kappa shape index (κ1) is 14.0. The number of carbonyl (C=O) groups excluding carboxylic acids is 1. The van der Waals surface area contributed by atoms with Gasteiger partial charge in [0.2, 0.25) is 0 Å². The van der Waals surface area contributed by atoms with E-state index < -0.39 is 17.4 Å². The number of rotatable bonds is 4. The van der Waals surface area contributed by atoms with Gasteiger partial charge in [-0.1, -0.05) is 6.92 Å².